The Labute approximate surface area is 182 Å². The van der Waals surface area contributed by atoms with E-state index in [1.165, 1.54) is 0 Å². The van der Waals surface area contributed by atoms with Crippen molar-refractivity contribution in [3.8, 4) is 0 Å². The third-order valence-electron chi connectivity index (χ3n) is 4.62. The quantitative estimate of drug-likeness (QED) is 0.569. The van der Waals surface area contributed by atoms with Crippen LogP contribution in [0.25, 0.3) is 0 Å². The minimum atomic E-state index is -0.557. The van der Waals surface area contributed by atoms with Gasteiger partial charge >= 0.3 is 0 Å². The number of fused-ring (bicyclic) bond motifs is 1. The van der Waals surface area contributed by atoms with Crippen LogP contribution in [0.15, 0.2) is 66.7 Å². The average Bonchev–Trinajstić information content (AvgIpc) is 2.97. The molecular weight excluding hydrogens is 425 g/mol. The Kier molecular flexibility index (Phi) is 5.44. The summed E-state index contributed by atoms with van der Waals surface area (Å²) < 4.78 is 0. The van der Waals surface area contributed by atoms with E-state index in [-0.39, 0.29) is 17.5 Å². The first-order valence-corrected chi connectivity index (χ1v) is 9.77. The van der Waals surface area contributed by atoms with E-state index in [2.05, 4.69) is 10.7 Å². The van der Waals surface area contributed by atoms with Crippen LogP contribution in [0.5, 0.6) is 0 Å². The zero-order valence-corrected chi connectivity index (χ0v) is 17.0. The minimum absolute atomic E-state index is 0.0708. The molecule has 4 rings (SSSR count). The maximum absolute atomic E-state index is 12.6. The number of hydrogen-bond acceptors (Lipinski definition) is 4. The van der Waals surface area contributed by atoms with E-state index >= 15 is 0 Å². The number of carbonyl (C=O) groups is 3. The molecular formula is C22H15Cl2N3O3. The summed E-state index contributed by atoms with van der Waals surface area (Å²) in [5, 5.41) is 4.77. The molecule has 0 bridgehead atoms. The molecule has 30 heavy (non-hydrogen) atoms. The molecule has 0 unspecified atom stereocenters. The third kappa shape index (κ3) is 3.75. The summed E-state index contributed by atoms with van der Waals surface area (Å²) in [5.41, 5.74) is 4.72. The third-order valence-corrected chi connectivity index (χ3v) is 5.25. The number of nitrogens with one attached hydrogen (secondary N) is 2. The fourth-order valence-electron chi connectivity index (χ4n) is 3.18. The highest BCUT2D eigenvalue weighted by Crippen LogP contribution is 2.33. The van der Waals surface area contributed by atoms with Crippen molar-refractivity contribution in [1.29, 1.82) is 0 Å². The number of amides is 3. The van der Waals surface area contributed by atoms with Crippen molar-refractivity contribution >= 4 is 52.3 Å². The van der Waals surface area contributed by atoms with Crippen LogP contribution in [0.1, 0.15) is 26.3 Å². The molecule has 0 saturated carbocycles. The number of halogens is 2. The van der Waals surface area contributed by atoms with Gasteiger partial charge in [0.05, 0.1) is 33.3 Å². The summed E-state index contributed by atoms with van der Waals surface area (Å²) in [6, 6.07) is 18.7. The van der Waals surface area contributed by atoms with Crippen LogP contribution in [0, 0.1) is 0 Å². The van der Waals surface area contributed by atoms with Crippen LogP contribution in [0.2, 0.25) is 10.0 Å². The molecule has 3 amide bonds. The molecule has 8 heteroatoms. The molecule has 0 spiro atoms. The molecule has 0 atom stereocenters. The highest BCUT2D eigenvalue weighted by molar-refractivity contribution is 6.39. The molecule has 0 radical (unpaired) electrons. The van der Waals surface area contributed by atoms with Crippen LogP contribution < -0.4 is 10.7 Å². The van der Waals surface area contributed by atoms with Gasteiger partial charge in [0.15, 0.2) is 0 Å². The number of nitrogens with zero attached hydrogens (tertiary/aromatic N) is 1. The SMILES string of the molecule is O=C(Cc1ccccc1Nc1c(Cl)cccc1Cl)NN1C(=O)c2ccccc2C1=O. The lowest BCUT2D eigenvalue weighted by Crippen LogP contribution is -2.46. The first kappa shape index (κ1) is 19.9. The summed E-state index contributed by atoms with van der Waals surface area (Å²) in [5.74, 6) is -1.62. The van der Waals surface area contributed by atoms with Crippen LogP contribution in [-0.4, -0.2) is 22.7 Å². The van der Waals surface area contributed by atoms with Crippen molar-refractivity contribution < 1.29 is 14.4 Å². The monoisotopic (exact) mass is 439 g/mol. The number of benzene rings is 3. The van der Waals surface area contributed by atoms with Crippen molar-refractivity contribution in [1.82, 2.24) is 10.4 Å². The summed E-state index contributed by atoms with van der Waals surface area (Å²) in [6.45, 7) is 0. The van der Waals surface area contributed by atoms with E-state index in [1.807, 2.05) is 0 Å². The van der Waals surface area contributed by atoms with Crippen LogP contribution >= 0.6 is 23.2 Å². The standard InChI is InChI=1S/C22H15Cl2N3O3/c23-16-9-5-10-17(24)20(16)25-18-11-4-1-6-13(18)12-19(28)26-27-21(29)14-7-2-3-8-15(14)22(27)30/h1-11,25H,12H2,(H,26,28). The molecule has 150 valence electrons. The number of carbonyl (C=O) groups excluding carboxylic acids is 3. The Morgan fingerprint density at radius 3 is 2.00 bits per heavy atom. The van der Waals surface area contributed by atoms with Crippen LogP contribution in [-0.2, 0) is 11.2 Å². The smallest absolute Gasteiger partial charge is 0.280 e. The van der Waals surface area contributed by atoms with Crippen molar-refractivity contribution in [2.24, 2.45) is 0 Å². The van der Waals surface area contributed by atoms with Gasteiger partial charge in [0.1, 0.15) is 0 Å². The van der Waals surface area contributed by atoms with E-state index in [0.717, 1.165) is 5.01 Å². The van der Waals surface area contributed by atoms with E-state index in [1.54, 1.807) is 66.7 Å². The normalized spacial score (nSPS) is 12.7. The Morgan fingerprint density at radius 2 is 1.37 bits per heavy atom. The second-order valence-corrected chi connectivity index (χ2v) is 7.40. The number of anilines is 2. The molecule has 1 aliphatic rings. The maximum atomic E-state index is 12.6. The Morgan fingerprint density at radius 1 is 0.800 bits per heavy atom. The van der Waals surface area contributed by atoms with Crippen LogP contribution in [0.4, 0.5) is 11.4 Å². The van der Waals surface area contributed by atoms with Gasteiger partial charge in [-0.3, -0.25) is 19.8 Å². The number of para-hydroxylation sites is 2. The predicted octanol–water partition coefficient (Wildman–Crippen LogP) is 4.61. The number of imide groups is 1. The molecule has 0 fully saturated rings. The fraction of sp³-hybridized carbons (Fsp3) is 0.0455. The summed E-state index contributed by atoms with van der Waals surface area (Å²) >= 11 is 12.4. The first-order valence-electron chi connectivity index (χ1n) is 9.02. The number of hydrogen-bond donors (Lipinski definition) is 2. The lowest BCUT2D eigenvalue weighted by Gasteiger charge is -2.17. The fourth-order valence-corrected chi connectivity index (χ4v) is 3.67. The zero-order valence-electron chi connectivity index (χ0n) is 15.5. The molecule has 1 heterocycles. The van der Waals surface area contributed by atoms with E-state index in [9.17, 15) is 14.4 Å². The topological polar surface area (TPSA) is 78.5 Å². The second-order valence-electron chi connectivity index (χ2n) is 6.58. The van der Waals surface area contributed by atoms with Gasteiger partial charge in [0.2, 0.25) is 5.91 Å². The second kappa shape index (κ2) is 8.18. The molecule has 2 N–H and O–H groups in total. The van der Waals surface area contributed by atoms with Gasteiger partial charge < -0.3 is 5.32 Å². The van der Waals surface area contributed by atoms with Gasteiger partial charge in [-0.15, -0.1) is 0 Å². The summed E-state index contributed by atoms with van der Waals surface area (Å²) in [4.78, 5) is 37.5. The van der Waals surface area contributed by atoms with E-state index in [0.29, 0.717) is 27.0 Å². The molecule has 0 aromatic heterocycles. The van der Waals surface area contributed by atoms with Gasteiger partial charge in [-0.05, 0) is 35.9 Å². The van der Waals surface area contributed by atoms with Crippen molar-refractivity contribution in [2.75, 3.05) is 5.32 Å². The van der Waals surface area contributed by atoms with Crippen molar-refractivity contribution in [2.45, 2.75) is 6.42 Å². The highest BCUT2D eigenvalue weighted by atomic mass is 35.5. The van der Waals surface area contributed by atoms with Crippen molar-refractivity contribution in [3.63, 3.8) is 0 Å². The van der Waals surface area contributed by atoms with E-state index < -0.39 is 17.7 Å². The van der Waals surface area contributed by atoms with Gasteiger partial charge in [0, 0.05) is 5.69 Å². The predicted molar refractivity (Wildman–Crippen MR) is 115 cm³/mol. The number of rotatable bonds is 5. The summed E-state index contributed by atoms with van der Waals surface area (Å²) in [6.07, 6.45) is -0.0708. The lowest BCUT2D eigenvalue weighted by molar-refractivity contribution is -0.123. The maximum Gasteiger partial charge on any atom is 0.280 e. The molecule has 1 aliphatic heterocycles. The van der Waals surface area contributed by atoms with Crippen molar-refractivity contribution in [3.05, 3.63) is 93.5 Å². The molecule has 3 aromatic carbocycles. The largest absolute Gasteiger partial charge is 0.353 e. The van der Waals surface area contributed by atoms with Gasteiger partial charge in [0.25, 0.3) is 11.8 Å². The van der Waals surface area contributed by atoms with E-state index in [4.69, 9.17) is 23.2 Å². The average molecular weight is 440 g/mol. The van der Waals surface area contributed by atoms with Gasteiger partial charge in [-0.1, -0.05) is 59.6 Å². The summed E-state index contributed by atoms with van der Waals surface area (Å²) in [7, 11) is 0. The molecule has 6 nitrogen and oxygen atoms in total. The Balaban J connectivity index is 1.51. The Hall–Kier alpha value is -3.35. The Bertz CT molecular complexity index is 1120. The minimum Gasteiger partial charge on any atom is -0.353 e. The highest BCUT2D eigenvalue weighted by Gasteiger charge is 2.36. The lowest BCUT2D eigenvalue weighted by atomic mass is 10.1. The molecule has 3 aromatic rings. The van der Waals surface area contributed by atoms with Gasteiger partial charge in [-0.2, -0.15) is 5.01 Å². The first-order chi connectivity index (χ1) is 14.5. The van der Waals surface area contributed by atoms with Gasteiger partial charge in [-0.25, -0.2) is 0 Å². The van der Waals surface area contributed by atoms with Crippen LogP contribution in [0.3, 0.4) is 0 Å². The zero-order chi connectivity index (χ0) is 21.3. The molecule has 0 aliphatic carbocycles. The molecule has 0 saturated heterocycles. The number of hydrazine groups is 1.